The lowest BCUT2D eigenvalue weighted by molar-refractivity contribution is -0.115. The Kier molecular flexibility index (Phi) is 9.78. The summed E-state index contributed by atoms with van der Waals surface area (Å²) in [5.41, 5.74) is 1.77. The van der Waals surface area contributed by atoms with Crippen LogP contribution in [0, 0.1) is 6.92 Å². The summed E-state index contributed by atoms with van der Waals surface area (Å²) >= 11 is 4.78. The normalized spacial score (nSPS) is 11.9. The average molecular weight is 672 g/mol. The van der Waals surface area contributed by atoms with Gasteiger partial charge in [-0.15, -0.1) is 11.8 Å². The molecule has 0 aliphatic heterocycles. The maximum absolute atomic E-state index is 13.4. The molecule has 0 fully saturated rings. The number of benzene rings is 3. The molecule has 3 N–H and O–H groups in total. The smallest absolute Gasteiger partial charge is 0.272 e. The maximum atomic E-state index is 13.4. The molecule has 44 heavy (non-hydrogen) atoms. The van der Waals surface area contributed by atoms with E-state index in [1.165, 1.54) is 17.8 Å². The molecule has 0 saturated carbocycles. The number of hydrogen-bond donors (Lipinski definition) is 3. The van der Waals surface area contributed by atoms with Gasteiger partial charge in [-0.1, -0.05) is 51.4 Å². The van der Waals surface area contributed by atoms with Crippen molar-refractivity contribution >= 4 is 63.0 Å². The third-order valence-corrected chi connectivity index (χ3v) is 7.89. The molecule has 1 unspecified atom stereocenters. The van der Waals surface area contributed by atoms with E-state index in [1.807, 2.05) is 24.3 Å². The van der Waals surface area contributed by atoms with Gasteiger partial charge in [0.15, 0.2) is 5.82 Å². The topological polar surface area (TPSA) is 126 Å². The van der Waals surface area contributed by atoms with Crippen LogP contribution in [0.5, 0.6) is 0 Å². The molecule has 2 aromatic heterocycles. The number of furan rings is 1. The fraction of sp³-hybridized carbons (Fsp3) is 0.0909. The summed E-state index contributed by atoms with van der Waals surface area (Å²) in [6, 6.07) is 28.5. The summed E-state index contributed by atoms with van der Waals surface area (Å²) in [7, 11) is 0. The second-order valence-electron chi connectivity index (χ2n) is 9.64. The molecule has 11 heteroatoms. The zero-order valence-electron chi connectivity index (χ0n) is 23.7. The molecule has 0 saturated heterocycles. The molecular formula is C33H27BrN4O5S. The van der Waals surface area contributed by atoms with Crippen molar-refractivity contribution < 1.29 is 23.3 Å². The van der Waals surface area contributed by atoms with Gasteiger partial charge in [-0.25, -0.2) is 0 Å². The molecule has 1 atom stereocenters. The van der Waals surface area contributed by atoms with Crippen LogP contribution in [-0.4, -0.2) is 28.1 Å². The van der Waals surface area contributed by atoms with Crippen LogP contribution in [0.4, 0.5) is 11.5 Å². The highest BCUT2D eigenvalue weighted by molar-refractivity contribution is 9.10. The molecule has 0 aliphatic rings. The van der Waals surface area contributed by atoms with Crippen LogP contribution in [0.25, 0.3) is 17.4 Å². The Morgan fingerprint density at radius 3 is 2.32 bits per heavy atom. The molecule has 222 valence electrons. The van der Waals surface area contributed by atoms with Crippen LogP contribution < -0.4 is 16.0 Å². The highest BCUT2D eigenvalue weighted by Crippen LogP contribution is 2.27. The maximum Gasteiger partial charge on any atom is 0.272 e. The third kappa shape index (κ3) is 8.15. The van der Waals surface area contributed by atoms with E-state index in [1.54, 1.807) is 86.6 Å². The lowest BCUT2D eigenvalue weighted by atomic mass is 10.2. The number of nitrogens with one attached hydrogen (secondary N) is 3. The molecular weight excluding hydrogens is 644 g/mol. The Balaban J connectivity index is 1.29. The first kappa shape index (κ1) is 30.6. The summed E-state index contributed by atoms with van der Waals surface area (Å²) < 4.78 is 11.9. The summed E-state index contributed by atoms with van der Waals surface area (Å²) in [4.78, 5) is 39.7. The lowest BCUT2D eigenvalue weighted by Gasteiger charge is -2.12. The molecule has 0 radical (unpaired) electrons. The van der Waals surface area contributed by atoms with Gasteiger partial charge in [-0.2, -0.15) is 0 Å². The monoisotopic (exact) mass is 670 g/mol. The number of carbonyl (C=O) groups excluding carboxylic acids is 3. The molecule has 9 nitrogen and oxygen atoms in total. The minimum atomic E-state index is -0.535. The number of aromatic nitrogens is 1. The van der Waals surface area contributed by atoms with Crippen LogP contribution in [-0.2, 0) is 9.59 Å². The molecule has 3 amide bonds. The number of nitrogens with zero attached hydrogens (tertiary/aromatic N) is 1. The molecule has 2 heterocycles. The van der Waals surface area contributed by atoms with E-state index < -0.39 is 17.1 Å². The molecule has 0 aliphatic carbocycles. The van der Waals surface area contributed by atoms with Gasteiger partial charge in [0.1, 0.15) is 23.0 Å². The Bertz CT molecular complexity index is 1800. The van der Waals surface area contributed by atoms with Crippen molar-refractivity contribution in [3.63, 3.8) is 0 Å². The van der Waals surface area contributed by atoms with E-state index in [0.29, 0.717) is 34.3 Å². The predicted molar refractivity (Wildman–Crippen MR) is 174 cm³/mol. The number of anilines is 2. The van der Waals surface area contributed by atoms with Crippen molar-refractivity contribution in [2.24, 2.45) is 0 Å². The number of carbonyl (C=O) groups is 3. The molecule has 3 aromatic carbocycles. The number of hydrogen-bond acceptors (Lipinski definition) is 7. The number of amides is 3. The van der Waals surface area contributed by atoms with E-state index in [4.69, 9.17) is 8.94 Å². The van der Waals surface area contributed by atoms with Crippen molar-refractivity contribution in [2.45, 2.75) is 24.0 Å². The molecule has 5 rings (SSSR count). The van der Waals surface area contributed by atoms with Gasteiger partial charge in [-0.05, 0) is 74.5 Å². The van der Waals surface area contributed by atoms with Gasteiger partial charge < -0.3 is 24.9 Å². The van der Waals surface area contributed by atoms with Gasteiger partial charge in [-0.3, -0.25) is 14.4 Å². The number of halogens is 1. The van der Waals surface area contributed by atoms with Crippen LogP contribution in [0.2, 0.25) is 0 Å². The van der Waals surface area contributed by atoms with E-state index in [0.717, 1.165) is 14.9 Å². The summed E-state index contributed by atoms with van der Waals surface area (Å²) in [6.45, 7) is 3.53. The highest BCUT2D eigenvalue weighted by Gasteiger charge is 2.18. The van der Waals surface area contributed by atoms with Crippen molar-refractivity contribution in [1.82, 2.24) is 10.5 Å². The lowest BCUT2D eigenvalue weighted by Crippen LogP contribution is -2.30. The zero-order chi connectivity index (χ0) is 31.1. The Labute approximate surface area is 266 Å². The average Bonchev–Trinajstić information content (AvgIpc) is 3.67. The van der Waals surface area contributed by atoms with Crippen LogP contribution in [0.15, 0.2) is 121 Å². The number of aryl methyl sites for hydroxylation is 1. The van der Waals surface area contributed by atoms with Crippen molar-refractivity contribution in [3.05, 3.63) is 124 Å². The number of thioether (sulfide) groups is 1. The van der Waals surface area contributed by atoms with Gasteiger partial charge in [0.05, 0.1) is 5.25 Å². The van der Waals surface area contributed by atoms with Crippen LogP contribution in [0.3, 0.4) is 0 Å². The van der Waals surface area contributed by atoms with E-state index in [2.05, 4.69) is 37.0 Å². The molecule has 0 bridgehead atoms. The Morgan fingerprint density at radius 1 is 0.909 bits per heavy atom. The summed E-state index contributed by atoms with van der Waals surface area (Å²) in [5, 5.41) is 11.6. The largest absolute Gasteiger partial charge is 0.457 e. The van der Waals surface area contributed by atoms with Crippen molar-refractivity contribution in [3.8, 4) is 11.3 Å². The standard InChI is InChI=1S/C33H27BrN4O5S/c1-20-18-30(38-43-20)37-31(39)21(2)44-27-15-12-25(13-16-27)35-33(41)28(36-32(40)23-6-4-3-5-7-23)19-26-14-17-29(42-26)22-8-10-24(34)11-9-22/h3-19,21H,1-2H3,(H,35,41)(H,36,40)(H,37,38,39)/b28-19-. The van der Waals surface area contributed by atoms with Gasteiger partial charge in [0.2, 0.25) is 5.91 Å². The quantitative estimate of drug-likeness (QED) is 0.104. The fourth-order valence-electron chi connectivity index (χ4n) is 4.01. The summed E-state index contributed by atoms with van der Waals surface area (Å²) in [6.07, 6.45) is 1.49. The minimum Gasteiger partial charge on any atom is -0.457 e. The SMILES string of the molecule is Cc1cc(NC(=O)C(C)Sc2ccc(NC(=O)/C(=C/c3ccc(-c4ccc(Br)cc4)o3)NC(=O)c3ccccc3)cc2)no1. The van der Waals surface area contributed by atoms with Crippen LogP contribution in [0.1, 0.15) is 28.8 Å². The second kappa shape index (κ2) is 14.1. The van der Waals surface area contributed by atoms with Crippen LogP contribution >= 0.6 is 27.7 Å². The first-order chi connectivity index (χ1) is 21.2. The first-order valence-electron chi connectivity index (χ1n) is 13.5. The third-order valence-electron chi connectivity index (χ3n) is 6.24. The molecule has 5 aromatic rings. The van der Waals surface area contributed by atoms with Gasteiger partial charge in [0, 0.05) is 38.3 Å². The van der Waals surface area contributed by atoms with E-state index >= 15 is 0 Å². The number of rotatable bonds is 10. The highest BCUT2D eigenvalue weighted by atomic mass is 79.9. The first-order valence-corrected chi connectivity index (χ1v) is 15.2. The van der Waals surface area contributed by atoms with Crippen molar-refractivity contribution in [2.75, 3.05) is 10.6 Å². The van der Waals surface area contributed by atoms with Crippen molar-refractivity contribution in [1.29, 1.82) is 0 Å². The zero-order valence-corrected chi connectivity index (χ0v) is 26.1. The molecule has 0 spiro atoms. The van der Waals surface area contributed by atoms with Gasteiger partial charge in [0.25, 0.3) is 11.8 Å². The van der Waals surface area contributed by atoms with E-state index in [9.17, 15) is 14.4 Å². The predicted octanol–water partition coefficient (Wildman–Crippen LogP) is 7.53. The summed E-state index contributed by atoms with van der Waals surface area (Å²) in [5.74, 6) is 0.779. The second-order valence-corrected chi connectivity index (χ2v) is 12.0. The van der Waals surface area contributed by atoms with E-state index in [-0.39, 0.29) is 11.6 Å². The fourth-order valence-corrected chi connectivity index (χ4v) is 5.14. The Hall–Kier alpha value is -4.87. The van der Waals surface area contributed by atoms with Gasteiger partial charge >= 0.3 is 0 Å². The Morgan fingerprint density at radius 2 is 1.64 bits per heavy atom. The minimum absolute atomic E-state index is 0.00222.